The molecule has 9 aromatic carbocycles. The summed E-state index contributed by atoms with van der Waals surface area (Å²) < 4.78 is 4.86. The van der Waals surface area contributed by atoms with Crippen LogP contribution in [-0.2, 0) is 0 Å². The second kappa shape index (κ2) is 15.3. The quantitative estimate of drug-likeness (QED) is 0.150. The number of hydrogen-bond donors (Lipinski definition) is 0. The van der Waals surface area contributed by atoms with Crippen molar-refractivity contribution in [3.8, 4) is 55.9 Å². The fourth-order valence-corrected chi connectivity index (χ4v) is 8.79. The molecule has 0 bridgehead atoms. The summed E-state index contributed by atoms with van der Waals surface area (Å²) in [6.07, 6.45) is 1.75. The van der Waals surface area contributed by atoms with Crippen molar-refractivity contribution in [2.75, 3.05) is 0 Å². The van der Waals surface area contributed by atoms with Crippen molar-refractivity contribution in [1.29, 1.82) is 0 Å². The maximum absolute atomic E-state index is 3.36. The van der Waals surface area contributed by atoms with Crippen molar-refractivity contribution in [3.05, 3.63) is 231 Å². The molecule has 2 heteroatoms. The minimum Gasteiger partial charge on any atom is -0.309 e. The second-order valence-electron chi connectivity index (χ2n) is 14.9. The highest BCUT2D eigenvalue weighted by Crippen LogP contribution is 2.42. The van der Waals surface area contributed by atoms with Crippen LogP contribution in [-0.4, -0.2) is 9.13 Å². The molecule has 0 saturated carbocycles. The highest BCUT2D eigenvalue weighted by molar-refractivity contribution is 6.15. The van der Waals surface area contributed by atoms with Gasteiger partial charge in [-0.1, -0.05) is 170 Å². The molecule has 11 aromatic rings. The van der Waals surface area contributed by atoms with E-state index in [0.29, 0.717) is 0 Å². The minimum atomic E-state index is 1.13. The summed E-state index contributed by atoms with van der Waals surface area (Å²) in [6, 6.07) is 79.4. The van der Waals surface area contributed by atoms with Crippen LogP contribution in [0.5, 0.6) is 0 Å². The van der Waals surface area contributed by atoms with Crippen LogP contribution in [0.25, 0.3) is 99.5 Å². The highest BCUT2D eigenvalue weighted by Gasteiger charge is 2.19. The van der Waals surface area contributed by atoms with Crippen LogP contribution in [0.2, 0.25) is 0 Å². The van der Waals surface area contributed by atoms with Crippen molar-refractivity contribution < 1.29 is 0 Å². The van der Waals surface area contributed by atoms with Crippen LogP contribution in [0.1, 0.15) is 6.92 Å². The lowest BCUT2D eigenvalue weighted by atomic mass is 9.91. The molecule has 0 aliphatic heterocycles. The van der Waals surface area contributed by atoms with E-state index in [9.17, 15) is 0 Å². The van der Waals surface area contributed by atoms with Gasteiger partial charge in [0.25, 0.3) is 0 Å². The predicted molar refractivity (Wildman–Crippen MR) is 253 cm³/mol. The molecule has 2 aromatic heterocycles. The average molecular weight is 755 g/mol. The van der Waals surface area contributed by atoms with Crippen molar-refractivity contribution in [1.82, 2.24) is 9.13 Å². The van der Waals surface area contributed by atoms with Crippen LogP contribution in [0.4, 0.5) is 0 Å². The first kappa shape index (κ1) is 35.7. The first-order valence-corrected chi connectivity index (χ1v) is 20.3. The number of benzene rings is 9. The first-order chi connectivity index (χ1) is 29.2. The van der Waals surface area contributed by atoms with E-state index in [1.165, 1.54) is 93.8 Å². The van der Waals surface area contributed by atoms with Crippen LogP contribution in [0.3, 0.4) is 0 Å². The van der Waals surface area contributed by atoms with E-state index in [0.717, 1.165) is 5.69 Å². The molecule has 0 fully saturated rings. The second-order valence-corrected chi connectivity index (χ2v) is 14.9. The Morgan fingerprint density at radius 2 is 0.831 bits per heavy atom. The molecule has 11 rings (SSSR count). The molecule has 0 unspecified atom stereocenters. The molecule has 280 valence electrons. The Hall–Kier alpha value is -7.68. The van der Waals surface area contributed by atoms with Gasteiger partial charge in [-0.3, -0.25) is 0 Å². The lowest BCUT2D eigenvalue weighted by molar-refractivity contribution is 1.18. The monoisotopic (exact) mass is 754 g/mol. The van der Waals surface area contributed by atoms with Gasteiger partial charge >= 0.3 is 0 Å². The summed E-state index contributed by atoms with van der Waals surface area (Å²) in [4.78, 5) is 0. The van der Waals surface area contributed by atoms with Crippen LogP contribution >= 0.6 is 0 Å². The van der Waals surface area contributed by atoms with E-state index in [1.807, 2.05) is 6.92 Å². The summed E-state index contributed by atoms with van der Waals surface area (Å²) >= 11 is 0. The molecule has 0 spiro atoms. The van der Waals surface area contributed by atoms with Gasteiger partial charge < -0.3 is 9.13 Å². The number of nitrogens with zero attached hydrogens (tertiary/aromatic N) is 2. The Morgan fingerprint density at radius 1 is 0.322 bits per heavy atom. The molecule has 0 aliphatic carbocycles. The average Bonchev–Trinajstić information content (AvgIpc) is 3.83. The normalized spacial score (nSPS) is 11.2. The van der Waals surface area contributed by atoms with E-state index in [-0.39, 0.29) is 0 Å². The zero-order valence-corrected chi connectivity index (χ0v) is 33.0. The predicted octanol–water partition coefficient (Wildman–Crippen LogP) is 15.7. The lowest BCUT2D eigenvalue weighted by Gasteiger charge is -2.16. The summed E-state index contributed by atoms with van der Waals surface area (Å²) in [5.41, 5.74) is 16.7. The van der Waals surface area contributed by atoms with Gasteiger partial charge in [0.1, 0.15) is 0 Å². The smallest absolute Gasteiger partial charge is 0.0619 e. The van der Waals surface area contributed by atoms with Crippen molar-refractivity contribution in [2.45, 2.75) is 6.92 Å². The van der Waals surface area contributed by atoms with Crippen molar-refractivity contribution >= 4 is 43.6 Å². The molecular weight excluding hydrogens is 713 g/mol. The summed E-state index contributed by atoms with van der Waals surface area (Å²) in [7, 11) is 0. The Morgan fingerprint density at radius 3 is 1.56 bits per heavy atom. The number of aromatic nitrogens is 2. The molecule has 2 nitrogen and oxygen atoms in total. The summed E-state index contributed by atoms with van der Waals surface area (Å²) in [5.74, 6) is 0. The Bertz CT molecular complexity index is 3280. The lowest BCUT2D eigenvalue weighted by Crippen LogP contribution is -1.97. The summed E-state index contributed by atoms with van der Waals surface area (Å²) in [5, 5.41) is 4.98. The van der Waals surface area contributed by atoms with Gasteiger partial charge in [0.15, 0.2) is 0 Å². The molecule has 0 atom stereocenters. The Balaban J connectivity index is 0.00000136. The minimum absolute atomic E-state index is 1.13. The first-order valence-electron chi connectivity index (χ1n) is 20.3. The van der Waals surface area contributed by atoms with Crippen molar-refractivity contribution in [2.24, 2.45) is 0 Å². The standard InChI is InChI=1S/C54H36N2.C3H6/c1-4-16-37(17-5-1)39-30-32-44(49(35-39)38-18-6-2-7-19-38)40-20-14-23-43(34-40)56-52-29-13-10-24-46(52)48-27-15-26-45(54(48)56)41-31-33-53-50(36-41)47-25-11-12-28-51(47)55(53)42-21-8-3-9-22-42;1-3-2/h1-36H;3H,1H2,2H3. The Labute approximate surface area is 345 Å². The van der Waals surface area contributed by atoms with Gasteiger partial charge in [0.05, 0.1) is 22.1 Å². The van der Waals surface area contributed by atoms with Gasteiger partial charge in [0, 0.05) is 38.5 Å². The van der Waals surface area contributed by atoms with Gasteiger partial charge in [-0.05, 0) is 100 Å². The van der Waals surface area contributed by atoms with E-state index in [4.69, 9.17) is 0 Å². The fraction of sp³-hybridized carbons (Fsp3) is 0.0175. The van der Waals surface area contributed by atoms with Crippen LogP contribution < -0.4 is 0 Å². The van der Waals surface area contributed by atoms with Crippen LogP contribution in [0, 0.1) is 0 Å². The number of hydrogen-bond acceptors (Lipinski definition) is 0. The zero-order chi connectivity index (χ0) is 39.7. The fourth-order valence-electron chi connectivity index (χ4n) is 8.79. The number of allylic oxidation sites excluding steroid dienone is 1. The third-order valence-corrected chi connectivity index (χ3v) is 11.3. The third kappa shape index (κ3) is 6.32. The van der Waals surface area contributed by atoms with Crippen molar-refractivity contribution in [3.63, 3.8) is 0 Å². The van der Waals surface area contributed by atoms with Gasteiger partial charge in [-0.25, -0.2) is 0 Å². The van der Waals surface area contributed by atoms with Gasteiger partial charge in [-0.2, -0.15) is 0 Å². The SMILES string of the molecule is C=CC.c1ccc(-c2ccc(-c3cccc(-n4c5ccccc5c5cccc(-c6ccc7c(c6)c6ccccc6n7-c6ccccc6)c54)c3)c(-c3ccccc3)c2)cc1. The van der Waals surface area contributed by atoms with E-state index in [2.05, 4.69) is 234 Å². The molecule has 0 radical (unpaired) electrons. The molecular formula is C57H42N2. The molecule has 0 saturated heterocycles. The molecule has 0 N–H and O–H groups in total. The maximum Gasteiger partial charge on any atom is 0.0619 e. The highest BCUT2D eigenvalue weighted by atomic mass is 15.0. The van der Waals surface area contributed by atoms with Crippen LogP contribution in [0.15, 0.2) is 231 Å². The number of para-hydroxylation sites is 4. The number of rotatable bonds is 6. The molecule has 59 heavy (non-hydrogen) atoms. The summed E-state index contributed by atoms with van der Waals surface area (Å²) in [6.45, 7) is 5.25. The topological polar surface area (TPSA) is 9.86 Å². The van der Waals surface area contributed by atoms with E-state index >= 15 is 0 Å². The van der Waals surface area contributed by atoms with E-state index < -0.39 is 0 Å². The zero-order valence-electron chi connectivity index (χ0n) is 33.0. The third-order valence-electron chi connectivity index (χ3n) is 11.3. The maximum atomic E-state index is 3.36. The largest absolute Gasteiger partial charge is 0.309 e. The van der Waals surface area contributed by atoms with Gasteiger partial charge in [0.2, 0.25) is 0 Å². The molecule has 0 amide bonds. The van der Waals surface area contributed by atoms with E-state index in [1.54, 1.807) is 6.08 Å². The van der Waals surface area contributed by atoms with Gasteiger partial charge in [-0.15, -0.1) is 6.58 Å². The molecule has 2 heterocycles. The number of fused-ring (bicyclic) bond motifs is 6. The Kier molecular flexibility index (Phi) is 9.29. The molecule has 0 aliphatic rings.